The lowest BCUT2D eigenvalue weighted by Gasteiger charge is -2.42. The Hall–Kier alpha value is -2.45. The van der Waals surface area contributed by atoms with Gasteiger partial charge in [0.2, 0.25) is 0 Å². The average Bonchev–Trinajstić information content (AvgIpc) is 3.10. The minimum absolute atomic E-state index is 0.111. The molecule has 0 bridgehead atoms. The summed E-state index contributed by atoms with van der Waals surface area (Å²) in [6.07, 6.45) is 7.64. The Morgan fingerprint density at radius 2 is 1.80 bits per heavy atom. The van der Waals surface area contributed by atoms with Gasteiger partial charge in [0.05, 0.1) is 11.3 Å². The summed E-state index contributed by atoms with van der Waals surface area (Å²) in [6.45, 7) is 7.19. The van der Waals surface area contributed by atoms with Crippen LogP contribution in [0.4, 0.5) is 0 Å². The molecule has 2 aliphatic rings. The van der Waals surface area contributed by atoms with E-state index in [0.717, 1.165) is 31.8 Å². The number of allylic oxidation sites excluding steroid dienone is 1. The third-order valence-corrected chi connectivity index (χ3v) is 5.39. The van der Waals surface area contributed by atoms with Crippen LogP contribution in [0.5, 0.6) is 0 Å². The molecule has 2 heteroatoms. The van der Waals surface area contributed by atoms with E-state index in [1.165, 1.54) is 11.1 Å². The van der Waals surface area contributed by atoms with Crippen molar-refractivity contribution in [1.29, 1.82) is 0 Å². The molecule has 2 nitrogen and oxygen atoms in total. The standard InChI is InChI=1S/C23H24N2/c1-2-21-18-25(17-19-9-5-3-6-10-19)16-15-23(21)14-13-22(24-23)20-11-7-4-8-12-20/h2-14,21H,1,15-18H2/t21-,23-/m0/s1. The predicted octanol–water partition coefficient (Wildman–Crippen LogP) is 4.49. The molecule has 2 heterocycles. The van der Waals surface area contributed by atoms with Gasteiger partial charge in [0, 0.05) is 25.6 Å². The van der Waals surface area contributed by atoms with Crippen LogP contribution >= 0.6 is 0 Å². The molecule has 4 rings (SSSR count). The molecule has 0 aliphatic carbocycles. The minimum atomic E-state index is -0.111. The van der Waals surface area contributed by atoms with Crippen molar-refractivity contribution < 1.29 is 0 Å². The molecule has 2 aromatic rings. The van der Waals surface area contributed by atoms with Gasteiger partial charge < -0.3 is 0 Å². The second kappa shape index (κ2) is 6.81. The summed E-state index contributed by atoms with van der Waals surface area (Å²) in [5.41, 5.74) is 3.56. The highest BCUT2D eigenvalue weighted by molar-refractivity contribution is 6.10. The lowest BCUT2D eigenvalue weighted by molar-refractivity contribution is 0.142. The molecule has 126 valence electrons. The largest absolute Gasteiger partial charge is 0.298 e. The number of aliphatic imine (C=N–C) groups is 1. The van der Waals surface area contributed by atoms with Gasteiger partial charge in [-0.3, -0.25) is 9.89 Å². The first-order valence-corrected chi connectivity index (χ1v) is 9.02. The maximum absolute atomic E-state index is 5.15. The van der Waals surface area contributed by atoms with Gasteiger partial charge in [0.15, 0.2) is 0 Å². The second-order valence-electron chi connectivity index (χ2n) is 7.00. The predicted molar refractivity (Wildman–Crippen MR) is 105 cm³/mol. The van der Waals surface area contributed by atoms with Crippen molar-refractivity contribution in [3.8, 4) is 0 Å². The number of rotatable bonds is 4. The third kappa shape index (κ3) is 3.22. The zero-order chi connectivity index (χ0) is 17.1. The van der Waals surface area contributed by atoms with Crippen LogP contribution in [0.1, 0.15) is 17.5 Å². The summed E-state index contributed by atoms with van der Waals surface area (Å²) in [6, 6.07) is 21.2. The lowest BCUT2D eigenvalue weighted by atomic mass is 9.78. The molecule has 2 aliphatic heterocycles. The van der Waals surface area contributed by atoms with E-state index in [2.05, 4.69) is 84.3 Å². The number of hydrogen-bond donors (Lipinski definition) is 0. The van der Waals surface area contributed by atoms with Crippen molar-refractivity contribution in [2.24, 2.45) is 10.9 Å². The van der Waals surface area contributed by atoms with Gasteiger partial charge in [0.1, 0.15) is 0 Å². The molecule has 0 saturated carbocycles. The molecule has 0 amide bonds. The summed E-state index contributed by atoms with van der Waals surface area (Å²) >= 11 is 0. The number of benzene rings is 2. The van der Waals surface area contributed by atoms with Crippen molar-refractivity contribution >= 4 is 5.71 Å². The summed E-state index contributed by atoms with van der Waals surface area (Å²) in [5.74, 6) is 0.349. The van der Waals surface area contributed by atoms with E-state index in [9.17, 15) is 0 Å². The molecule has 2 aromatic carbocycles. The first-order chi connectivity index (χ1) is 12.3. The van der Waals surface area contributed by atoms with Gasteiger partial charge in [-0.2, -0.15) is 0 Å². The van der Waals surface area contributed by atoms with Crippen LogP contribution in [0.2, 0.25) is 0 Å². The fourth-order valence-corrected chi connectivity index (χ4v) is 3.95. The monoisotopic (exact) mass is 328 g/mol. The molecular weight excluding hydrogens is 304 g/mol. The van der Waals surface area contributed by atoms with Crippen LogP contribution in [0.3, 0.4) is 0 Å². The highest BCUT2D eigenvalue weighted by Crippen LogP contribution is 2.38. The highest BCUT2D eigenvalue weighted by Gasteiger charge is 2.41. The normalized spacial score (nSPS) is 25.9. The van der Waals surface area contributed by atoms with E-state index >= 15 is 0 Å². The Balaban J connectivity index is 1.52. The van der Waals surface area contributed by atoms with E-state index < -0.39 is 0 Å². The fourth-order valence-electron chi connectivity index (χ4n) is 3.95. The topological polar surface area (TPSA) is 15.6 Å². The average molecular weight is 328 g/mol. The van der Waals surface area contributed by atoms with Gasteiger partial charge in [-0.05, 0) is 23.6 Å². The van der Waals surface area contributed by atoms with Crippen LogP contribution in [-0.2, 0) is 6.54 Å². The number of likely N-dealkylation sites (tertiary alicyclic amines) is 1. The Bertz CT molecular complexity index is 791. The maximum atomic E-state index is 5.15. The summed E-state index contributed by atoms with van der Waals surface area (Å²) < 4.78 is 0. The zero-order valence-corrected chi connectivity index (χ0v) is 14.5. The molecule has 25 heavy (non-hydrogen) atoms. The quantitative estimate of drug-likeness (QED) is 0.755. The van der Waals surface area contributed by atoms with Gasteiger partial charge in [-0.1, -0.05) is 72.8 Å². The first-order valence-electron chi connectivity index (χ1n) is 9.02. The van der Waals surface area contributed by atoms with Crippen LogP contribution in [0.25, 0.3) is 0 Å². The summed E-state index contributed by atoms with van der Waals surface area (Å²) in [7, 11) is 0. The third-order valence-electron chi connectivity index (χ3n) is 5.39. The van der Waals surface area contributed by atoms with Crippen LogP contribution in [-0.4, -0.2) is 29.2 Å². The number of piperidine rings is 1. The molecule has 1 spiro atoms. The second-order valence-corrected chi connectivity index (χ2v) is 7.00. The van der Waals surface area contributed by atoms with Crippen molar-refractivity contribution in [2.45, 2.75) is 18.5 Å². The molecule has 1 fully saturated rings. The fraction of sp³-hybridized carbons (Fsp3) is 0.261. The van der Waals surface area contributed by atoms with E-state index in [-0.39, 0.29) is 5.54 Å². The SMILES string of the molecule is C=C[C@H]1CN(Cc2ccccc2)CC[C@@]12C=CC(c1ccccc1)=N2. The van der Waals surface area contributed by atoms with Gasteiger partial charge >= 0.3 is 0 Å². The van der Waals surface area contributed by atoms with Crippen LogP contribution < -0.4 is 0 Å². The molecule has 0 N–H and O–H groups in total. The van der Waals surface area contributed by atoms with Crippen molar-refractivity contribution in [2.75, 3.05) is 13.1 Å². The smallest absolute Gasteiger partial charge is 0.0885 e. The Morgan fingerprint density at radius 1 is 1.08 bits per heavy atom. The molecule has 0 aromatic heterocycles. The van der Waals surface area contributed by atoms with Gasteiger partial charge in [-0.15, -0.1) is 6.58 Å². The van der Waals surface area contributed by atoms with Crippen LogP contribution in [0, 0.1) is 5.92 Å². The van der Waals surface area contributed by atoms with Crippen molar-refractivity contribution in [3.63, 3.8) is 0 Å². The van der Waals surface area contributed by atoms with Crippen molar-refractivity contribution in [3.05, 3.63) is 96.6 Å². The molecule has 0 radical (unpaired) electrons. The highest BCUT2D eigenvalue weighted by atomic mass is 15.2. The Labute approximate surface area is 150 Å². The minimum Gasteiger partial charge on any atom is -0.298 e. The molecular formula is C23H24N2. The Kier molecular flexibility index (Phi) is 4.37. The number of hydrogen-bond acceptors (Lipinski definition) is 2. The van der Waals surface area contributed by atoms with E-state index in [1.54, 1.807) is 0 Å². The van der Waals surface area contributed by atoms with Gasteiger partial charge in [0.25, 0.3) is 0 Å². The van der Waals surface area contributed by atoms with E-state index in [4.69, 9.17) is 4.99 Å². The first kappa shape index (κ1) is 16.0. The lowest BCUT2D eigenvalue weighted by Crippen LogP contribution is -2.48. The van der Waals surface area contributed by atoms with E-state index in [0.29, 0.717) is 5.92 Å². The van der Waals surface area contributed by atoms with Crippen molar-refractivity contribution in [1.82, 2.24) is 4.90 Å². The van der Waals surface area contributed by atoms with E-state index in [1.807, 2.05) is 6.07 Å². The Morgan fingerprint density at radius 3 is 2.52 bits per heavy atom. The maximum Gasteiger partial charge on any atom is 0.0885 e. The summed E-state index contributed by atoms with van der Waals surface area (Å²) in [4.78, 5) is 7.68. The molecule has 2 atom stereocenters. The van der Waals surface area contributed by atoms with Gasteiger partial charge in [-0.25, -0.2) is 0 Å². The number of nitrogens with zero attached hydrogens (tertiary/aromatic N) is 2. The summed E-state index contributed by atoms with van der Waals surface area (Å²) in [5, 5.41) is 0. The molecule has 1 saturated heterocycles. The van der Waals surface area contributed by atoms with Crippen LogP contribution in [0.15, 0.2) is 90.5 Å². The zero-order valence-electron chi connectivity index (χ0n) is 14.5. The molecule has 0 unspecified atom stereocenters.